The molecule has 2 rings (SSSR count). The van der Waals surface area contributed by atoms with Gasteiger partial charge in [-0.1, -0.05) is 54.1 Å². The van der Waals surface area contributed by atoms with Crippen LogP contribution in [0.15, 0.2) is 48.6 Å². The van der Waals surface area contributed by atoms with Crippen molar-refractivity contribution in [3.8, 4) is 0 Å². The van der Waals surface area contributed by atoms with E-state index in [0.29, 0.717) is 0 Å². The van der Waals surface area contributed by atoms with Crippen LogP contribution in [0.5, 0.6) is 0 Å². The third-order valence-corrected chi connectivity index (χ3v) is 2.49. The molecule has 0 fully saturated rings. The van der Waals surface area contributed by atoms with E-state index in [9.17, 15) is 4.39 Å². The summed E-state index contributed by atoms with van der Waals surface area (Å²) in [7, 11) is 0. The molecular formula is C12H10ClF. The Labute approximate surface area is 87.7 Å². The fraction of sp³-hybridized carbons (Fsp3) is 0.167. The third-order valence-electron chi connectivity index (χ3n) is 2.21. The zero-order valence-corrected chi connectivity index (χ0v) is 8.34. The fourth-order valence-corrected chi connectivity index (χ4v) is 1.58. The Balaban J connectivity index is 2.25. The molecule has 0 N–H and O–H groups in total. The van der Waals surface area contributed by atoms with E-state index in [1.54, 1.807) is 6.08 Å². The van der Waals surface area contributed by atoms with E-state index in [1.165, 1.54) is 6.08 Å². The summed E-state index contributed by atoms with van der Waals surface area (Å²) in [6.07, 6.45) is 5.18. The second-order valence-corrected chi connectivity index (χ2v) is 3.95. The van der Waals surface area contributed by atoms with Gasteiger partial charge in [-0.15, -0.1) is 0 Å². The van der Waals surface area contributed by atoms with Crippen LogP contribution < -0.4 is 0 Å². The lowest BCUT2D eigenvalue weighted by Gasteiger charge is -2.16. The van der Waals surface area contributed by atoms with Crippen LogP contribution in [0.2, 0.25) is 0 Å². The van der Waals surface area contributed by atoms with Crippen molar-refractivity contribution in [1.82, 2.24) is 0 Å². The summed E-state index contributed by atoms with van der Waals surface area (Å²) in [5.74, 6) is 0. The molecular weight excluding hydrogens is 199 g/mol. The lowest BCUT2D eigenvalue weighted by atomic mass is 9.99. The molecule has 0 aromatic heterocycles. The number of hydrogen-bond acceptors (Lipinski definition) is 0. The molecule has 0 aliphatic heterocycles. The maximum Gasteiger partial charge on any atom is 0.205 e. The summed E-state index contributed by atoms with van der Waals surface area (Å²) in [5.41, 5.74) is 2.12. The molecule has 1 atom stereocenters. The number of alkyl halides is 2. The van der Waals surface area contributed by atoms with E-state index in [1.807, 2.05) is 36.4 Å². The Kier molecular flexibility index (Phi) is 2.42. The maximum atomic E-state index is 13.2. The van der Waals surface area contributed by atoms with Crippen molar-refractivity contribution in [3.05, 3.63) is 54.1 Å². The Morgan fingerprint density at radius 3 is 2.50 bits per heavy atom. The van der Waals surface area contributed by atoms with Crippen LogP contribution in [0.4, 0.5) is 4.39 Å². The van der Waals surface area contributed by atoms with Gasteiger partial charge >= 0.3 is 0 Å². The first-order valence-electron chi connectivity index (χ1n) is 4.50. The van der Waals surface area contributed by atoms with Gasteiger partial charge in [0.15, 0.2) is 0 Å². The van der Waals surface area contributed by atoms with Gasteiger partial charge < -0.3 is 0 Å². The first-order chi connectivity index (χ1) is 6.67. The monoisotopic (exact) mass is 208 g/mol. The molecule has 0 nitrogen and oxygen atoms in total. The Hall–Kier alpha value is -1.08. The van der Waals surface area contributed by atoms with Gasteiger partial charge in [-0.3, -0.25) is 0 Å². The molecule has 14 heavy (non-hydrogen) atoms. The van der Waals surface area contributed by atoms with Crippen LogP contribution in [-0.2, 0) is 0 Å². The molecule has 1 aromatic carbocycles. The maximum absolute atomic E-state index is 13.2. The highest BCUT2D eigenvalue weighted by molar-refractivity contribution is 6.24. The van der Waals surface area contributed by atoms with Crippen molar-refractivity contribution >= 4 is 17.2 Å². The van der Waals surface area contributed by atoms with Gasteiger partial charge in [-0.25, -0.2) is 4.39 Å². The van der Waals surface area contributed by atoms with Crippen LogP contribution in [-0.4, -0.2) is 5.13 Å². The zero-order chi connectivity index (χ0) is 10.0. The molecule has 0 spiro atoms. The highest BCUT2D eigenvalue weighted by atomic mass is 35.5. The highest BCUT2D eigenvalue weighted by Gasteiger charge is 2.23. The van der Waals surface area contributed by atoms with Gasteiger partial charge in [0.1, 0.15) is 0 Å². The highest BCUT2D eigenvalue weighted by Crippen LogP contribution is 2.32. The second kappa shape index (κ2) is 3.58. The summed E-state index contributed by atoms with van der Waals surface area (Å²) >= 11 is 5.53. The van der Waals surface area contributed by atoms with Crippen molar-refractivity contribution in [2.24, 2.45) is 0 Å². The average molecular weight is 209 g/mol. The smallest absolute Gasteiger partial charge is 0.205 e. The lowest BCUT2D eigenvalue weighted by molar-refractivity contribution is 0.348. The molecule has 0 saturated carbocycles. The minimum absolute atomic E-state index is 0.231. The molecule has 1 aromatic rings. The van der Waals surface area contributed by atoms with Gasteiger partial charge in [0.25, 0.3) is 0 Å². The van der Waals surface area contributed by atoms with Crippen molar-refractivity contribution < 1.29 is 4.39 Å². The predicted octanol–water partition coefficient (Wildman–Crippen LogP) is 3.93. The average Bonchev–Trinajstić information content (AvgIpc) is 2.19. The number of hydrogen-bond donors (Lipinski definition) is 0. The lowest BCUT2D eigenvalue weighted by Crippen LogP contribution is -2.11. The number of benzene rings is 1. The van der Waals surface area contributed by atoms with Gasteiger partial charge in [0.05, 0.1) is 0 Å². The summed E-state index contributed by atoms with van der Waals surface area (Å²) in [6, 6.07) is 9.87. The minimum atomic E-state index is -1.70. The minimum Gasteiger partial charge on any atom is -0.221 e. The largest absolute Gasteiger partial charge is 0.221 e. The molecule has 0 saturated heterocycles. The van der Waals surface area contributed by atoms with Gasteiger partial charge in [-0.2, -0.15) is 0 Å². The summed E-state index contributed by atoms with van der Waals surface area (Å²) in [6.45, 7) is 0. The van der Waals surface area contributed by atoms with Crippen LogP contribution in [0.25, 0.3) is 5.57 Å². The summed E-state index contributed by atoms with van der Waals surface area (Å²) in [4.78, 5) is 0. The molecule has 72 valence electrons. The van der Waals surface area contributed by atoms with E-state index >= 15 is 0 Å². The molecule has 1 unspecified atom stereocenters. The molecule has 0 bridgehead atoms. The first kappa shape index (κ1) is 9.47. The second-order valence-electron chi connectivity index (χ2n) is 3.32. The third kappa shape index (κ3) is 2.05. The summed E-state index contributed by atoms with van der Waals surface area (Å²) in [5, 5.41) is -1.70. The number of halogens is 2. The Morgan fingerprint density at radius 2 is 1.93 bits per heavy atom. The van der Waals surface area contributed by atoms with Crippen LogP contribution >= 0.6 is 11.6 Å². The summed E-state index contributed by atoms with van der Waals surface area (Å²) < 4.78 is 13.2. The van der Waals surface area contributed by atoms with Crippen LogP contribution in [0, 0.1) is 0 Å². The van der Waals surface area contributed by atoms with Crippen molar-refractivity contribution in [2.45, 2.75) is 11.5 Å². The van der Waals surface area contributed by atoms with Crippen LogP contribution in [0.1, 0.15) is 12.0 Å². The van der Waals surface area contributed by atoms with E-state index in [-0.39, 0.29) is 6.42 Å². The Morgan fingerprint density at radius 1 is 1.21 bits per heavy atom. The number of rotatable bonds is 1. The molecule has 1 aliphatic carbocycles. The van der Waals surface area contributed by atoms with Crippen molar-refractivity contribution in [2.75, 3.05) is 0 Å². The normalized spacial score (nSPS) is 26.0. The van der Waals surface area contributed by atoms with E-state index in [4.69, 9.17) is 11.6 Å². The van der Waals surface area contributed by atoms with Crippen molar-refractivity contribution in [1.29, 1.82) is 0 Å². The molecule has 0 radical (unpaired) electrons. The van der Waals surface area contributed by atoms with E-state index < -0.39 is 5.13 Å². The predicted molar refractivity (Wildman–Crippen MR) is 57.9 cm³/mol. The quantitative estimate of drug-likeness (QED) is 0.614. The zero-order valence-electron chi connectivity index (χ0n) is 7.58. The molecule has 1 aliphatic rings. The number of allylic oxidation sites excluding steroid dienone is 4. The standard InChI is InChI=1S/C12H10ClF/c13-12(14)8-6-11(7-9-12)10-4-2-1-3-5-10/h1-8H,9H2. The van der Waals surface area contributed by atoms with Gasteiger partial charge in [0, 0.05) is 6.42 Å². The topological polar surface area (TPSA) is 0 Å². The van der Waals surface area contributed by atoms with Gasteiger partial charge in [-0.05, 0) is 17.2 Å². The van der Waals surface area contributed by atoms with E-state index in [2.05, 4.69) is 0 Å². The molecule has 0 amide bonds. The van der Waals surface area contributed by atoms with Gasteiger partial charge in [0.2, 0.25) is 5.13 Å². The van der Waals surface area contributed by atoms with Crippen molar-refractivity contribution in [3.63, 3.8) is 0 Å². The fourth-order valence-electron chi connectivity index (χ4n) is 1.44. The first-order valence-corrected chi connectivity index (χ1v) is 4.88. The molecule has 2 heteroatoms. The molecule has 0 heterocycles. The van der Waals surface area contributed by atoms with E-state index in [0.717, 1.165) is 11.1 Å². The van der Waals surface area contributed by atoms with Crippen LogP contribution in [0.3, 0.4) is 0 Å². The Bertz CT molecular complexity index is 377. The SMILES string of the molecule is FC1(Cl)C=CC(c2ccccc2)=CC1.